The van der Waals surface area contributed by atoms with Crippen LogP contribution in [-0.2, 0) is 89.3 Å². The zero-order chi connectivity index (χ0) is 97.3. The van der Waals surface area contributed by atoms with E-state index in [1.54, 1.807) is 135 Å². The standard InChI is InChI=1S/C94H158N4O32/c1-31-67-93(19,109)79(101)51(7)71(95-119-45-59-37-63(111-23)77(115-27)64(38-59)112-24)47(3)41-89(15,107)83(53(9)75(55(11)85(105)125-67)127-69-43-91(17,117-29)81(103)57(13)123-69)129-87-73(99)61(35-49(5)121-87)97(21)33-34-98(22)62-36-50(6)122-88(74(62)100)130-84-54(10)76(128-70-44-92(18,118-30)82(104)58(14)124-70)56(12)86(106)126-68(32-2)94(20,110)80(102)52(8)72(48(4)42-90(84,16)108)96-120-46-60-39-65(113-25)78(116-28)66(40-60)114-26/h37-40,47-58,61-62,67-70,73-76,79-84,87-88,99-104,107-110H,31-36,41-46H2,1-30H3/b95-71-,96-72-/t47-,48-,49-,50-,51+,52+,53+,54+,55-,56-,57+,58+,61+,62+,67-,68-,69+,70+,73-,74-,75+,76+,79-,80-,81+,82+,83-,84-,87+,88+,89-,90-,91-,92-,93-,94-/m1/s1. The third kappa shape index (κ3) is 24.8. The van der Waals surface area contributed by atoms with Crippen LogP contribution in [0.2, 0.25) is 0 Å². The van der Waals surface area contributed by atoms with Gasteiger partial charge in [0, 0.05) is 87.7 Å². The number of aliphatic hydroxyl groups is 10. The van der Waals surface area contributed by atoms with Crippen molar-refractivity contribution in [3.05, 3.63) is 35.4 Å². The number of aliphatic hydroxyl groups excluding tert-OH is 6. The summed E-state index contributed by atoms with van der Waals surface area (Å²) < 4.78 is 112. The molecule has 2 aromatic rings. The summed E-state index contributed by atoms with van der Waals surface area (Å²) in [6.07, 6.45) is -24.3. The molecule has 0 saturated carbocycles. The zero-order valence-electron chi connectivity index (χ0n) is 82.4. The molecule has 6 heterocycles. The number of benzene rings is 2. The van der Waals surface area contributed by atoms with E-state index in [1.165, 1.54) is 70.7 Å². The number of carbonyl (C=O) groups excluding carboxylic acids is 2. The molecule has 0 amide bonds. The van der Waals surface area contributed by atoms with Gasteiger partial charge in [-0.15, -0.1) is 0 Å². The highest BCUT2D eigenvalue weighted by Gasteiger charge is 2.58. The average Bonchev–Trinajstić information content (AvgIpc) is 0.770. The summed E-state index contributed by atoms with van der Waals surface area (Å²) in [6, 6.07) is 5.36. The summed E-state index contributed by atoms with van der Waals surface area (Å²) in [5.41, 5.74) is -9.13. The third-order valence-electron chi connectivity index (χ3n) is 28.6. The van der Waals surface area contributed by atoms with Gasteiger partial charge in [0.15, 0.2) is 48.2 Å². The largest absolute Gasteiger partial charge is 0.493 e. The van der Waals surface area contributed by atoms with Crippen LogP contribution >= 0.6 is 0 Å². The predicted octanol–water partition coefficient (Wildman–Crippen LogP) is 7.38. The molecule has 0 bridgehead atoms. The lowest BCUT2D eigenvalue weighted by molar-refractivity contribution is -0.319. The monoisotopic (exact) mass is 1860 g/mol. The van der Waals surface area contributed by atoms with Crippen molar-refractivity contribution in [3.8, 4) is 34.5 Å². The van der Waals surface area contributed by atoms with Gasteiger partial charge < -0.3 is 146 Å². The van der Waals surface area contributed by atoms with E-state index in [0.717, 1.165) is 0 Å². The first kappa shape index (κ1) is 110. The van der Waals surface area contributed by atoms with Gasteiger partial charge in [0.05, 0.1) is 149 Å². The Balaban J connectivity index is 1.13. The average molecular weight is 1860 g/mol. The van der Waals surface area contributed by atoms with Gasteiger partial charge in [-0.25, -0.2) is 0 Å². The number of methoxy groups -OCH3 is 8. The molecule has 10 N–H and O–H groups in total. The minimum absolute atomic E-state index is 0.0200. The Morgan fingerprint density at radius 2 is 0.746 bits per heavy atom. The van der Waals surface area contributed by atoms with Crippen LogP contribution in [-0.4, -0.2) is 337 Å². The first-order valence-corrected chi connectivity index (χ1v) is 45.9. The van der Waals surface area contributed by atoms with Gasteiger partial charge in [0.2, 0.25) is 11.5 Å². The summed E-state index contributed by atoms with van der Waals surface area (Å²) >= 11 is 0. The van der Waals surface area contributed by atoms with E-state index in [1.807, 2.05) is 37.7 Å². The number of nitrogens with zero attached hydrogens (tertiary/aromatic N) is 4. The first-order valence-electron chi connectivity index (χ1n) is 45.9. The van der Waals surface area contributed by atoms with E-state index in [9.17, 15) is 51.1 Å². The minimum atomic E-state index is -2.12. The van der Waals surface area contributed by atoms with Crippen LogP contribution in [0.25, 0.3) is 0 Å². The van der Waals surface area contributed by atoms with Crippen molar-refractivity contribution in [1.29, 1.82) is 0 Å². The quantitative estimate of drug-likeness (QED) is 0.0280. The molecular formula is C94H158N4O32. The number of ether oxygens (including phenoxy) is 18. The van der Waals surface area contributed by atoms with Crippen LogP contribution in [0, 0.1) is 47.3 Å². The van der Waals surface area contributed by atoms with E-state index in [0.29, 0.717) is 45.6 Å². The molecule has 0 radical (unpaired) electrons. The number of carbonyl (C=O) groups is 2. The van der Waals surface area contributed by atoms with Gasteiger partial charge in [-0.05, 0) is 171 Å². The summed E-state index contributed by atoms with van der Waals surface area (Å²) in [4.78, 5) is 46.5. The van der Waals surface area contributed by atoms with Crippen molar-refractivity contribution in [2.45, 2.75) is 372 Å². The molecule has 2 aromatic carbocycles. The lowest BCUT2D eigenvalue weighted by Gasteiger charge is -2.49. The van der Waals surface area contributed by atoms with E-state index >= 15 is 9.59 Å². The molecule has 0 unspecified atom stereocenters. The Morgan fingerprint density at radius 1 is 0.431 bits per heavy atom. The summed E-state index contributed by atoms with van der Waals surface area (Å²) in [7, 11) is 15.5. The highest BCUT2D eigenvalue weighted by molar-refractivity contribution is 5.89. The van der Waals surface area contributed by atoms with Crippen molar-refractivity contribution in [3.63, 3.8) is 0 Å². The second-order valence-electron chi connectivity index (χ2n) is 38.8. The van der Waals surface area contributed by atoms with Crippen molar-refractivity contribution in [2.24, 2.45) is 57.7 Å². The number of likely N-dealkylation sites (N-methyl/N-ethyl adjacent to an activating group) is 2. The smallest absolute Gasteiger partial charge is 0.311 e. The Labute approximate surface area is 768 Å². The Kier molecular flexibility index (Phi) is 38.7. The molecule has 36 atom stereocenters. The van der Waals surface area contributed by atoms with Crippen LogP contribution < -0.4 is 28.4 Å². The number of rotatable bonds is 29. The molecule has 0 aromatic heterocycles. The fourth-order valence-electron chi connectivity index (χ4n) is 20.5. The normalized spacial score (nSPS) is 42.1. The number of cyclic esters (lactones) is 2. The highest BCUT2D eigenvalue weighted by Crippen LogP contribution is 2.47. The molecule has 6 aliphatic rings. The molecular weight excluding hydrogens is 1700 g/mol. The van der Waals surface area contributed by atoms with Gasteiger partial charge in [-0.3, -0.25) is 19.4 Å². The van der Waals surface area contributed by atoms with E-state index in [4.69, 9.17) is 105 Å². The van der Waals surface area contributed by atoms with Crippen molar-refractivity contribution in [2.75, 3.05) is 84.1 Å². The minimum Gasteiger partial charge on any atom is -0.493 e. The predicted molar refractivity (Wildman–Crippen MR) is 477 cm³/mol. The van der Waals surface area contributed by atoms with Gasteiger partial charge >= 0.3 is 11.9 Å². The lowest BCUT2D eigenvalue weighted by Crippen LogP contribution is -2.62. The van der Waals surface area contributed by atoms with Crippen LogP contribution in [0.1, 0.15) is 201 Å². The SMILES string of the molecule is CC[C@H]1OC(=O)[C@H](C)[C@@H](O[C@H]2C[C@@](C)(OC)[C@@H](O)[C@H](C)O2)[C@H](C)[C@@H](O[C@@H]2O[C@H](C)C[C@H](N(C)CCN(C)[C@H]3C[C@@H](C)O[C@@H](O[C@@H]4[C@@H](C)[C@H](O[C@H]5C[C@@](C)(OC)[C@@H](O)[C@H](C)O5)[C@@H](C)C(=O)O[C@H](CC)[C@@](C)(O)[C@H](O)[C@@H](C)/C(=N\OCc5cc(OC)c(OC)c(OC)c5)[C@H](C)C[C@@]4(C)O)[C@@H]3O)[C@H]2O)[C@](C)(O)C[C@@H](C)/C(=N/OCc2cc(OC)c(OC)c(OC)c2)[C@H](C)[C@@H](O)[C@]1(C)O. The second kappa shape index (κ2) is 45.9. The molecule has 6 saturated heterocycles. The molecule has 8 rings (SSSR count). The van der Waals surface area contributed by atoms with Gasteiger partial charge in [0.1, 0.15) is 61.0 Å². The first-order chi connectivity index (χ1) is 60.8. The Hall–Kier alpha value is -5.76. The summed E-state index contributed by atoms with van der Waals surface area (Å²) in [5, 5.41) is 136. The fraction of sp³-hybridized carbons (Fsp3) is 0.830. The number of esters is 2. The molecule has 746 valence electrons. The van der Waals surface area contributed by atoms with Crippen LogP contribution in [0.4, 0.5) is 0 Å². The van der Waals surface area contributed by atoms with Crippen molar-refractivity contribution >= 4 is 23.4 Å². The summed E-state index contributed by atoms with van der Waals surface area (Å²) in [6.45, 7) is 33.4. The molecule has 130 heavy (non-hydrogen) atoms. The molecule has 6 aliphatic heterocycles. The Bertz CT molecular complexity index is 3690. The number of hydrogen-bond acceptors (Lipinski definition) is 36. The van der Waals surface area contributed by atoms with Crippen LogP contribution in [0.5, 0.6) is 34.5 Å². The summed E-state index contributed by atoms with van der Waals surface area (Å²) in [5.74, 6) is -7.85. The van der Waals surface area contributed by atoms with Crippen LogP contribution in [0.15, 0.2) is 34.6 Å². The van der Waals surface area contributed by atoms with Gasteiger partial charge in [-0.1, -0.05) is 65.7 Å². The van der Waals surface area contributed by atoms with E-state index in [-0.39, 0.29) is 89.1 Å². The maximum atomic E-state index is 15.1. The molecule has 36 nitrogen and oxygen atoms in total. The maximum Gasteiger partial charge on any atom is 0.311 e. The van der Waals surface area contributed by atoms with E-state index < -0.39 is 228 Å². The van der Waals surface area contributed by atoms with Crippen LogP contribution in [0.3, 0.4) is 0 Å². The highest BCUT2D eigenvalue weighted by atomic mass is 16.7. The molecule has 36 heteroatoms. The number of hydrogen-bond donors (Lipinski definition) is 10. The topological polar surface area (TPSA) is 452 Å². The van der Waals surface area contributed by atoms with Gasteiger partial charge in [0.25, 0.3) is 0 Å². The molecule has 0 spiro atoms. The fourth-order valence-corrected chi connectivity index (χ4v) is 20.5. The third-order valence-corrected chi connectivity index (χ3v) is 28.6. The van der Waals surface area contributed by atoms with Crippen molar-refractivity contribution in [1.82, 2.24) is 9.80 Å². The second-order valence-corrected chi connectivity index (χ2v) is 38.8. The zero-order valence-corrected chi connectivity index (χ0v) is 82.4. The lowest BCUT2D eigenvalue weighted by atomic mass is 9.73. The van der Waals surface area contributed by atoms with Crippen molar-refractivity contribution < 1.29 is 156 Å². The molecule has 0 aliphatic carbocycles. The molecule has 6 fully saturated rings. The van der Waals surface area contributed by atoms with E-state index in [2.05, 4.69) is 0 Å². The maximum absolute atomic E-state index is 15.1. The Morgan fingerprint density at radius 3 is 1.03 bits per heavy atom. The van der Waals surface area contributed by atoms with Gasteiger partial charge in [-0.2, -0.15) is 0 Å². The number of oxime groups is 2.